The molecule has 0 aromatic carbocycles. The molecule has 0 rings (SSSR count). The van der Waals surface area contributed by atoms with Gasteiger partial charge in [0.05, 0.1) is 6.04 Å². The van der Waals surface area contributed by atoms with E-state index in [9.17, 15) is 14.4 Å². The molecule has 0 fully saturated rings. The molecule has 0 bridgehead atoms. The highest BCUT2D eigenvalue weighted by molar-refractivity contribution is 8.14. The maximum Gasteiger partial charge on any atom is 0.323 e. The molecule has 0 aliphatic rings. The van der Waals surface area contributed by atoms with Crippen LogP contribution in [0.1, 0.15) is 33.6 Å². The summed E-state index contributed by atoms with van der Waals surface area (Å²) in [5, 5.41) is 2.44. The summed E-state index contributed by atoms with van der Waals surface area (Å²) in [4.78, 5) is 37.8. The number of nitrogens with one attached hydrogen (secondary N) is 1. The summed E-state index contributed by atoms with van der Waals surface area (Å²) < 4.78 is 4.89. The van der Waals surface area contributed by atoms with Crippen molar-refractivity contribution in [1.29, 1.82) is 0 Å². The Kier molecular flexibility index (Phi) is 9.53. The molecule has 118 valence electrons. The van der Waals surface area contributed by atoms with Crippen LogP contribution in [0.15, 0.2) is 0 Å². The van der Waals surface area contributed by atoms with E-state index in [-0.39, 0.29) is 23.2 Å². The molecular weight excluding hydrogens is 294 g/mol. The van der Waals surface area contributed by atoms with Crippen molar-refractivity contribution >= 4 is 34.8 Å². The molecule has 21 heavy (non-hydrogen) atoms. The molecule has 8 heteroatoms. The first kappa shape index (κ1) is 19.5. The number of nitrogens with zero attached hydrogens (tertiary/aromatic N) is 2. The molecule has 1 unspecified atom stereocenters. The van der Waals surface area contributed by atoms with Crippen LogP contribution in [0.2, 0.25) is 0 Å². The van der Waals surface area contributed by atoms with Crippen LogP contribution in [0.4, 0.5) is 0 Å². The number of thioether (sulfide) groups is 1. The van der Waals surface area contributed by atoms with Gasteiger partial charge in [0.25, 0.3) is 0 Å². The molecule has 0 heterocycles. The van der Waals surface area contributed by atoms with Gasteiger partial charge in [0.2, 0.25) is 16.8 Å². The van der Waals surface area contributed by atoms with Crippen molar-refractivity contribution in [3.05, 3.63) is 5.53 Å². The van der Waals surface area contributed by atoms with Gasteiger partial charge in [0, 0.05) is 18.8 Å². The topological polar surface area (TPSA) is 109 Å². The van der Waals surface area contributed by atoms with E-state index >= 15 is 0 Å². The largest absolute Gasteiger partial charge is 0.372 e. The minimum absolute atomic E-state index is 0.000759. The molecule has 1 amide bonds. The monoisotopic (exact) mass is 315 g/mol. The number of amides is 1. The standard InChI is InChI=1S/C13H21N3O4S/c1-8(2)21-13(19)11(6-5-10(17)7-15-14)16-12(18)9(3)20-4/h7-9,11H,5-6H2,1-4H3,(H,16,18)/t9-,11?/m0/s1. The lowest BCUT2D eigenvalue weighted by Crippen LogP contribution is -2.45. The van der Waals surface area contributed by atoms with E-state index in [0.29, 0.717) is 0 Å². The average Bonchev–Trinajstić information content (AvgIpc) is 2.41. The number of hydrogen-bond acceptors (Lipinski definition) is 5. The Morgan fingerprint density at radius 1 is 1.33 bits per heavy atom. The summed E-state index contributed by atoms with van der Waals surface area (Å²) in [6.07, 6.45) is 0.238. The number of rotatable bonds is 9. The maximum atomic E-state index is 12.1. The van der Waals surface area contributed by atoms with Crippen LogP contribution in [0.3, 0.4) is 0 Å². The lowest BCUT2D eigenvalue weighted by molar-refractivity contribution is -0.132. The van der Waals surface area contributed by atoms with Crippen LogP contribution in [0, 0.1) is 0 Å². The number of carbonyl (C=O) groups excluding carboxylic acids is 3. The van der Waals surface area contributed by atoms with Crippen LogP contribution in [0.25, 0.3) is 5.53 Å². The first-order valence-corrected chi connectivity index (χ1v) is 7.43. The minimum atomic E-state index is -0.779. The molecular formula is C13H21N3O4S. The number of ketones is 1. The number of carbonyl (C=O) groups is 3. The quantitative estimate of drug-likeness (QED) is 0.385. The van der Waals surface area contributed by atoms with E-state index in [2.05, 4.69) is 10.1 Å². The van der Waals surface area contributed by atoms with Gasteiger partial charge in [-0.2, -0.15) is 4.79 Å². The zero-order chi connectivity index (χ0) is 16.4. The first-order valence-electron chi connectivity index (χ1n) is 6.55. The third kappa shape index (κ3) is 8.39. The van der Waals surface area contributed by atoms with Crippen LogP contribution in [-0.2, 0) is 19.1 Å². The SMILES string of the molecule is CO[C@@H](C)C(=O)NC(CCC(=O)C=[N+]=[N-])C(=O)SC(C)C. The van der Waals surface area contributed by atoms with Crippen molar-refractivity contribution in [2.75, 3.05) is 7.11 Å². The molecule has 0 aliphatic heterocycles. The first-order chi connectivity index (χ1) is 9.81. The van der Waals surface area contributed by atoms with Gasteiger partial charge < -0.3 is 15.6 Å². The second-order valence-corrected chi connectivity index (χ2v) is 6.26. The molecule has 0 saturated heterocycles. The highest BCUT2D eigenvalue weighted by Crippen LogP contribution is 2.16. The van der Waals surface area contributed by atoms with E-state index in [1.807, 2.05) is 13.8 Å². The normalized spacial score (nSPS) is 13.2. The van der Waals surface area contributed by atoms with Gasteiger partial charge in [-0.15, -0.1) is 0 Å². The fourth-order valence-corrected chi connectivity index (χ4v) is 2.18. The van der Waals surface area contributed by atoms with Crippen molar-refractivity contribution in [2.24, 2.45) is 0 Å². The Bertz CT molecular complexity index is 433. The van der Waals surface area contributed by atoms with Crippen molar-refractivity contribution in [2.45, 2.75) is 51.0 Å². The number of Topliss-reactive ketones (excluding diaryl/α,β-unsaturated/α-hetero) is 1. The Morgan fingerprint density at radius 2 is 1.95 bits per heavy atom. The number of ether oxygens (including phenoxy) is 1. The summed E-state index contributed by atoms with van der Waals surface area (Å²) in [7, 11) is 1.39. The molecule has 0 aliphatic carbocycles. The molecule has 2 atom stereocenters. The Hall–Kier alpha value is -1.50. The molecule has 7 nitrogen and oxygen atoms in total. The van der Waals surface area contributed by atoms with Gasteiger partial charge in [-0.25, -0.2) is 0 Å². The summed E-state index contributed by atoms with van der Waals surface area (Å²) in [5.41, 5.74) is 8.27. The van der Waals surface area contributed by atoms with Crippen molar-refractivity contribution in [1.82, 2.24) is 5.32 Å². The van der Waals surface area contributed by atoms with Gasteiger partial charge in [-0.1, -0.05) is 25.6 Å². The molecule has 0 spiro atoms. The number of methoxy groups -OCH3 is 1. The summed E-state index contributed by atoms with van der Waals surface area (Å²) >= 11 is 1.10. The minimum Gasteiger partial charge on any atom is -0.372 e. The molecule has 0 aromatic heterocycles. The van der Waals surface area contributed by atoms with Crippen LogP contribution >= 0.6 is 11.8 Å². The lowest BCUT2D eigenvalue weighted by Gasteiger charge is -2.19. The van der Waals surface area contributed by atoms with Crippen LogP contribution in [-0.4, -0.2) is 52.3 Å². The summed E-state index contributed by atoms with van der Waals surface area (Å²) in [6.45, 7) is 5.29. The van der Waals surface area contributed by atoms with Crippen LogP contribution < -0.4 is 5.32 Å². The molecule has 1 N–H and O–H groups in total. The van der Waals surface area contributed by atoms with Gasteiger partial charge in [0.15, 0.2) is 0 Å². The molecule has 0 radical (unpaired) electrons. The van der Waals surface area contributed by atoms with Gasteiger partial charge in [-0.3, -0.25) is 14.4 Å². The van der Waals surface area contributed by atoms with E-state index in [4.69, 9.17) is 10.3 Å². The Balaban J connectivity index is 4.75. The Morgan fingerprint density at radius 3 is 2.43 bits per heavy atom. The van der Waals surface area contributed by atoms with E-state index in [0.717, 1.165) is 18.0 Å². The third-order valence-electron chi connectivity index (χ3n) is 2.56. The Labute approximate surface area is 128 Å². The fraction of sp³-hybridized carbons (Fsp3) is 0.692. The van der Waals surface area contributed by atoms with Gasteiger partial charge >= 0.3 is 6.21 Å². The highest BCUT2D eigenvalue weighted by Gasteiger charge is 2.25. The predicted molar refractivity (Wildman–Crippen MR) is 80.1 cm³/mol. The van der Waals surface area contributed by atoms with E-state index in [1.165, 1.54) is 7.11 Å². The van der Waals surface area contributed by atoms with Crippen molar-refractivity contribution in [3.8, 4) is 0 Å². The zero-order valence-corrected chi connectivity index (χ0v) is 13.5. The molecule has 0 saturated carbocycles. The summed E-state index contributed by atoms with van der Waals surface area (Å²) in [6, 6.07) is -0.779. The van der Waals surface area contributed by atoms with Gasteiger partial charge in [-0.05, 0) is 13.3 Å². The third-order valence-corrected chi connectivity index (χ3v) is 3.55. The highest BCUT2D eigenvalue weighted by atomic mass is 32.2. The van der Waals surface area contributed by atoms with Crippen LogP contribution in [0.5, 0.6) is 0 Å². The number of hydrogen-bond donors (Lipinski definition) is 1. The lowest BCUT2D eigenvalue weighted by atomic mass is 10.1. The average molecular weight is 315 g/mol. The second kappa shape index (κ2) is 10.3. The van der Waals surface area contributed by atoms with Crippen molar-refractivity contribution < 1.29 is 23.9 Å². The van der Waals surface area contributed by atoms with Gasteiger partial charge in [0.1, 0.15) is 6.10 Å². The zero-order valence-electron chi connectivity index (χ0n) is 12.7. The van der Waals surface area contributed by atoms with Crippen molar-refractivity contribution in [3.63, 3.8) is 0 Å². The predicted octanol–water partition coefficient (Wildman–Crippen LogP) is 0.824. The fourth-order valence-electron chi connectivity index (χ4n) is 1.38. The van der Waals surface area contributed by atoms with E-state index < -0.39 is 23.8 Å². The second-order valence-electron chi connectivity index (χ2n) is 4.67. The molecule has 0 aromatic rings. The summed E-state index contributed by atoms with van der Waals surface area (Å²) in [5.74, 6) is -0.831. The van der Waals surface area contributed by atoms with E-state index in [1.54, 1.807) is 6.92 Å². The smallest absolute Gasteiger partial charge is 0.323 e. The maximum absolute atomic E-state index is 12.1.